The van der Waals surface area contributed by atoms with Crippen molar-refractivity contribution in [3.8, 4) is 11.1 Å². The molecule has 0 spiro atoms. The maximum absolute atomic E-state index is 2.50. The van der Waals surface area contributed by atoms with Crippen molar-refractivity contribution in [2.24, 2.45) is 0 Å². The van der Waals surface area contributed by atoms with Crippen molar-refractivity contribution in [3.05, 3.63) is 80.2 Å². The van der Waals surface area contributed by atoms with Crippen LogP contribution in [-0.4, -0.2) is 3.21 Å². The summed E-state index contributed by atoms with van der Waals surface area (Å²) in [7, 11) is 0. The molecule has 0 atom stereocenters. The van der Waals surface area contributed by atoms with E-state index in [0.717, 1.165) is 0 Å². The summed E-state index contributed by atoms with van der Waals surface area (Å²) >= 11 is -1.95. The van der Waals surface area contributed by atoms with Crippen LogP contribution in [0.5, 0.6) is 0 Å². The van der Waals surface area contributed by atoms with E-state index in [2.05, 4.69) is 68.5 Å². The summed E-state index contributed by atoms with van der Waals surface area (Å²) in [4.78, 5) is 0. The Hall–Kier alpha value is -1.33. The fraction of sp³-hybridized carbons (Fsp3) is 0.346. The van der Waals surface area contributed by atoms with Crippen LogP contribution in [0.2, 0.25) is 0 Å². The van der Waals surface area contributed by atoms with Crippen molar-refractivity contribution in [2.75, 3.05) is 0 Å². The Labute approximate surface area is 171 Å². The zero-order valence-electron chi connectivity index (χ0n) is 16.5. The minimum atomic E-state index is -1.95. The molecule has 3 aliphatic carbocycles. The molecule has 0 aromatic heterocycles. The molecule has 0 nitrogen and oxygen atoms in total. The van der Waals surface area contributed by atoms with Gasteiger partial charge in [-0.15, -0.1) is 0 Å². The molecular formula is C26H28Zr. The van der Waals surface area contributed by atoms with Crippen molar-refractivity contribution in [1.29, 1.82) is 0 Å². The van der Waals surface area contributed by atoms with E-state index in [4.69, 9.17) is 0 Å². The molecule has 136 valence electrons. The van der Waals surface area contributed by atoms with Gasteiger partial charge in [0.25, 0.3) is 0 Å². The average molecular weight is 432 g/mol. The SMILES string of the molecule is Cc1ccc2c(c1)-c1cc(C)ccc1[CH]2[Zr]([C]1=CC=CC1)=[C]1CCCCC1. The average Bonchev–Trinajstić information content (AvgIpc) is 3.31. The molecule has 0 amide bonds. The Morgan fingerprint density at radius 3 is 2.00 bits per heavy atom. The van der Waals surface area contributed by atoms with Gasteiger partial charge in [0.05, 0.1) is 0 Å². The van der Waals surface area contributed by atoms with E-state index in [9.17, 15) is 0 Å². The molecule has 3 aliphatic rings. The summed E-state index contributed by atoms with van der Waals surface area (Å²) in [6.45, 7) is 4.48. The summed E-state index contributed by atoms with van der Waals surface area (Å²) in [5.41, 5.74) is 9.11. The van der Waals surface area contributed by atoms with Crippen molar-refractivity contribution < 1.29 is 21.3 Å². The summed E-state index contributed by atoms with van der Waals surface area (Å²) < 4.78 is 4.53. The first kappa shape index (κ1) is 17.8. The molecule has 5 rings (SSSR count). The number of hydrogen-bond donors (Lipinski definition) is 0. The van der Waals surface area contributed by atoms with Crippen molar-refractivity contribution in [1.82, 2.24) is 0 Å². The summed E-state index contributed by atoms with van der Waals surface area (Å²) in [5.74, 6) is 0. The van der Waals surface area contributed by atoms with Crippen LogP contribution in [0.15, 0.2) is 57.9 Å². The Morgan fingerprint density at radius 2 is 1.44 bits per heavy atom. The summed E-state index contributed by atoms with van der Waals surface area (Å²) in [6, 6.07) is 14.5. The predicted octanol–water partition coefficient (Wildman–Crippen LogP) is 6.97. The molecular weight excluding hydrogens is 404 g/mol. The van der Waals surface area contributed by atoms with E-state index in [-0.39, 0.29) is 0 Å². The van der Waals surface area contributed by atoms with E-state index in [1.54, 1.807) is 11.1 Å². The Morgan fingerprint density at radius 1 is 0.815 bits per heavy atom. The van der Waals surface area contributed by atoms with Gasteiger partial charge in [-0.1, -0.05) is 0 Å². The maximum atomic E-state index is 2.50. The molecule has 0 aliphatic heterocycles. The first-order valence-electron chi connectivity index (χ1n) is 10.5. The van der Waals surface area contributed by atoms with E-state index < -0.39 is 21.3 Å². The molecule has 2 aromatic carbocycles. The number of hydrogen-bond acceptors (Lipinski definition) is 0. The Kier molecular flexibility index (Phi) is 4.77. The van der Waals surface area contributed by atoms with E-state index in [0.29, 0.717) is 3.63 Å². The number of benzene rings is 2. The second kappa shape index (κ2) is 7.25. The van der Waals surface area contributed by atoms with Crippen LogP contribution in [0.4, 0.5) is 0 Å². The van der Waals surface area contributed by atoms with E-state index in [1.807, 2.05) is 6.49 Å². The molecule has 0 bridgehead atoms. The Balaban J connectivity index is 1.75. The molecule has 1 saturated carbocycles. The second-order valence-corrected chi connectivity index (χ2v) is 15.3. The fourth-order valence-corrected chi connectivity index (χ4v) is 14.8. The van der Waals surface area contributed by atoms with Crippen molar-refractivity contribution >= 4 is 3.21 Å². The van der Waals surface area contributed by atoms with Crippen LogP contribution in [0, 0.1) is 13.8 Å². The van der Waals surface area contributed by atoms with Crippen LogP contribution in [-0.2, 0) is 21.3 Å². The topological polar surface area (TPSA) is 0 Å². The van der Waals surface area contributed by atoms with Gasteiger partial charge in [-0.25, -0.2) is 0 Å². The van der Waals surface area contributed by atoms with E-state index >= 15 is 0 Å². The molecule has 2 aromatic rings. The van der Waals surface area contributed by atoms with Gasteiger partial charge in [-0.2, -0.15) is 0 Å². The number of rotatable bonds is 2. The molecule has 0 heterocycles. The van der Waals surface area contributed by atoms with Crippen LogP contribution in [0.3, 0.4) is 0 Å². The standard InChI is InChI=1S/C15H13.C6H10.C5H5.Zr/c1-10-3-5-12-9-13-6-4-11(2)8-15(13)14(12)7-10;1-2-4-6-5-3-1;1-2-4-5-3-1;/h3-9H,1-2H3;1-5H2;1-3H,4H2;. The van der Waals surface area contributed by atoms with Gasteiger partial charge in [0, 0.05) is 0 Å². The molecule has 27 heavy (non-hydrogen) atoms. The predicted molar refractivity (Wildman–Crippen MR) is 113 cm³/mol. The quantitative estimate of drug-likeness (QED) is 0.481. The number of allylic oxidation sites excluding steroid dienone is 4. The van der Waals surface area contributed by atoms with Crippen molar-refractivity contribution in [2.45, 2.75) is 56.0 Å². The van der Waals surface area contributed by atoms with Gasteiger partial charge in [-0.05, 0) is 0 Å². The zero-order valence-corrected chi connectivity index (χ0v) is 19.0. The van der Waals surface area contributed by atoms with Crippen LogP contribution in [0.1, 0.15) is 64.4 Å². The third-order valence-electron chi connectivity index (χ3n) is 6.57. The van der Waals surface area contributed by atoms with Gasteiger partial charge in [-0.3, -0.25) is 0 Å². The first-order chi connectivity index (χ1) is 13.2. The number of fused-ring (bicyclic) bond motifs is 3. The first-order valence-corrected chi connectivity index (χ1v) is 14.4. The monoisotopic (exact) mass is 430 g/mol. The normalized spacial score (nSPS) is 18.4. The van der Waals surface area contributed by atoms with Crippen LogP contribution >= 0.6 is 0 Å². The van der Waals surface area contributed by atoms with Crippen molar-refractivity contribution in [3.63, 3.8) is 0 Å². The molecule has 0 radical (unpaired) electrons. The van der Waals surface area contributed by atoms with Gasteiger partial charge < -0.3 is 0 Å². The zero-order chi connectivity index (χ0) is 18.4. The van der Waals surface area contributed by atoms with Gasteiger partial charge in [0.2, 0.25) is 0 Å². The molecule has 1 heteroatoms. The van der Waals surface area contributed by atoms with Gasteiger partial charge >= 0.3 is 172 Å². The fourth-order valence-electron chi connectivity index (χ4n) is 5.30. The number of aryl methyl sites for hydroxylation is 2. The van der Waals surface area contributed by atoms with E-state index in [1.165, 1.54) is 60.8 Å². The second-order valence-electron chi connectivity index (χ2n) is 8.52. The summed E-state index contributed by atoms with van der Waals surface area (Å²) in [5, 5.41) is 0. The molecule has 0 saturated heterocycles. The third-order valence-corrected chi connectivity index (χ3v) is 15.2. The summed E-state index contributed by atoms with van der Waals surface area (Å²) in [6.07, 6.45) is 15.5. The molecule has 0 unspecified atom stereocenters. The minimum absolute atomic E-state index is 0.692. The molecule has 1 fully saturated rings. The van der Waals surface area contributed by atoms with Gasteiger partial charge in [0.1, 0.15) is 0 Å². The third kappa shape index (κ3) is 3.13. The van der Waals surface area contributed by atoms with Crippen LogP contribution < -0.4 is 0 Å². The molecule has 0 N–H and O–H groups in total. The van der Waals surface area contributed by atoms with Crippen LogP contribution in [0.25, 0.3) is 11.1 Å². The van der Waals surface area contributed by atoms with Gasteiger partial charge in [0.15, 0.2) is 0 Å². The Bertz CT molecular complexity index is 943.